The maximum absolute atomic E-state index is 6.44. The maximum Gasteiger partial charge on any atom is 0.115 e. The molecule has 4 heteroatoms. The second-order valence-electron chi connectivity index (χ2n) is 6.35. The van der Waals surface area contributed by atoms with Crippen LogP contribution in [0.3, 0.4) is 0 Å². The van der Waals surface area contributed by atoms with Crippen molar-refractivity contribution >= 4 is 11.6 Å². The van der Waals surface area contributed by atoms with Crippen LogP contribution in [0.15, 0.2) is 54.6 Å². The molecule has 1 saturated heterocycles. The van der Waals surface area contributed by atoms with Gasteiger partial charge in [0.1, 0.15) is 5.60 Å². The maximum atomic E-state index is 6.44. The van der Waals surface area contributed by atoms with Crippen LogP contribution in [-0.4, -0.2) is 44.2 Å². The smallest absolute Gasteiger partial charge is 0.115 e. The minimum atomic E-state index is -0.472. The zero-order valence-electron chi connectivity index (χ0n) is 14.2. The summed E-state index contributed by atoms with van der Waals surface area (Å²) in [5.74, 6) is 0. The Hall–Kier alpha value is -1.39. The third kappa shape index (κ3) is 4.17. The van der Waals surface area contributed by atoms with E-state index in [-0.39, 0.29) is 0 Å². The van der Waals surface area contributed by atoms with Gasteiger partial charge >= 0.3 is 0 Å². The van der Waals surface area contributed by atoms with Crippen molar-refractivity contribution in [3.63, 3.8) is 0 Å². The zero-order valence-corrected chi connectivity index (χ0v) is 14.9. The molecule has 3 nitrogen and oxygen atoms in total. The lowest BCUT2D eigenvalue weighted by molar-refractivity contribution is -0.0154. The number of hydrogen-bond donors (Lipinski definition) is 1. The van der Waals surface area contributed by atoms with Gasteiger partial charge in [0, 0.05) is 37.7 Å². The van der Waals surface area contributed by atoms with Crippen LogP contribution in [0, 0.1) is 0 Å². The summed E-state index contributed by atoms with van der Waals surface area (Å²) in [6, 6.07) is 18.4. The lowest BCUT2D eigenvalue weighted by Crippen LogP contribution is -2.45. The van der Waals surface area contributed by atoms with Gasteiger partial charge in [-0.15, -0.1) is 0 Å². The molecular formula is C20H25ClN2O. The van der Waals surface area contributed by atoms with Crippen LogP contribution in [0.4, 0.5) is 0 Å². The van der Waals surface area contributed by atoms with Crippen molar-refractivity contribution in [3.05, 3.63) is 70.7 Å². The molecule has 0 bridgehead atoms. The molecule has 128 valence electrons. The highest BCUT2D eigenvalue weighted by Gasteiger charge is 2.30. The lowest BCUT2D eigenvalue weighted by Gasteiger charge is -2.33. The number of piperazine rings is 1. The Kier molecular flexibility index (Phi) is 5.90. The largest absolute Gasteiger partial charge is 0.365 e. The topological polar surface area (TPSA) is 24.5 Å². The molecule has 1 heterocycles. The third-order valence-corrected chi connectivity index (χ3v) is 4.98. The molecule has 0 saturated carbocycles. The van der Waals surface area contributed by atoms with Crippen LogP contribution >= 0.6 is 11.6 Å². The number of halogens is 1. The van der Waals surface area contributed by atoms with E-state index in [0.717, 1.165) is 48.9 Å². The monoisotopic (exact) mass is 344 g/mol. The molecule has 0 spiro atoms. The normalized spacial score (nSPS) is 18.2. The predicted octanol–water partition coefficient (Wildman–Crippen LogP) is 3.53. The second-order valence-corrected chi connectivity index (χ2v) is 6.78. The first kappa shape index (κ1) is 17.4. The Morgan fingerprint density at radius 2 is 1.62 bits per heavy atom. The van der Waals surface area contributed by atoms with Crippen LogP contribution in [-0.2, 0) is 10.3 Å². The van der Waals surface area contributed by atoms with Gasteiger partial charge in [0.05, 0.1) is 6.61 Å². The summed E-state index contributed by atoms with van der Waals surface area (Å²) in [4.78, 5) is 2.45. The molecule has 2 aromatic carbocycles. The Morgan fingerprint density at radius 1 is 1.00 bits per heavy atom. The molecule has 0 amide bonds. The minimum absolute atomic E-state index is 0.472. The number of nitrogens with one attached hydrogen (secondary N) is 1. The number of nitrogens with zero attached hydrogens (tertiary/aromatic N) is 1. The summed E-state index contributed by atoms with van der Waals surface area (Å²) in [6.07, 6.45) is 0. The van der Waals surface area contributed by atoms with Crippen LogP contribution in [0.1, 0.15) is 18.1 Å². The summed E-state index contributed by atoms with van der Waals surface area (Å²) in [6.45, 7) is 8.11. The Balaban J connectivity index is 1.76. The average molecular weight is 345 g/mol. The van der Waals surface area contributed by atoms with Crippen molar-refractivity contribution in [2.24, 2.45) is 0 Å². The highest BCUT2D eigenvalue weighted by atomic mass is 35.5. The number of ether oxygens (including phenoxy) is 1. The molecule has 0 radical (unpaired) electrons. The van der Waals surface area contributed by atoms with Crippen LogP contribution in [0.25, 0.3) is 0 Å². The molecule has 0 aliphatic carbocycles. The van der Waals surface area contributed by atoms with Gasteiger partial charge in [0.15, 0.2) is 0 Å². The molecule has 3 rings (SSSR count). The fourth-order valence-corrected chi connectivity index (χ4v) is 3.30. The van der Waals surface area contributed by atoms with Gasteiger partial charge in [-0.25, -0.2) is 0 Å². The van der Waals surface area contributed by atoms with E-state index in [2.05, 4.69) is 53.5 Å². The van der Waals surface area contributed by atoms with E-state index in [1.165, 1.54) is 0 Å². The van der Waals surface area contributed by atoms with Crippen molar-refractivity contribution in [2.75, 3.05) is 39.3 Å². The predicted molar refractivity (Wildman–Crippen MR) is 99.6 cm³/mol. The minimum Gasteiger partial charge on any atom is -0.365 e. The lowest BCUT2D eigenvalue weighted by atomic mass is 9.88. The quantitative estimate of drug-likeness (QED) is 0.867. The summed E-state index contributed by atoms with van der Waals surface area (Å²) in [5, 5.41) is 4.13. The van der Waals surface area contributed by atoms with Crippen molar-refractivity contribution < 1.29 is 4.74 Å². The molecule has 1 aliphatic rings. The fourth-order valence-electron chi connectivity index (χ4n) is 3.17. The van der Waals surface area contributed by atoms with Crippen molar-refractivity contribution in [3.8, 4) is 0 Å². The van der Waals surface area contributed by atoms with Gasteiger partial charge in [-0.3, -0.25) is 4.90 Å². The van der Waals surface area contributed by atoms with Crippen molar-refractivity contribution in [1.29, 1.82) is 0 Å². The van der Waals surface area contributed by atoms with E-state index in [9.17, 15) is 0 Å². The molecule has 1 aliphatic heterocycles. The van der Waals surface area contributed by atoms with Gasteiger partial charge in [-0.05, 0) is 30.2 Å². The molecule has 1 fully saturated rings. The third-order valence-electron chi connectivity index (χ3n) is 4.73. The first-order chi connectivity index (χ1) is 11.7. The molecule has 1 unspecified atom stereocenters. The van der Waals surface area contributed by atoms with Gasteiger partial charge in [0.2, 0.25) is 0 Å². The zero-order chi connectivity index (χ0) is 16.8. The number of hydrogen-bond acceptors (Lipinski definition) is 3. The molecule has 0 aromatic heterocycles. The summed E-state index contributed by atoms with van der Waals surface area (Å²) >= 11 is 6.06. The van der Waals surface area contributed by atoms with E-state index in [1.54, 1.807) is 0 Å². The van der Waals surface area contributed by atoms with E-state index >= 15 is 0 Å². The Labute approximate surface area is 149 Å². The Morgan fingerprint density at radius 3 is 2.29 bits per heavy atom. The molecule has 2 aromatic rings. The van der Waals surface area contributed by atoms with Gasteiger partial charge < -0.3 is 10.1 Å². The molecule has 24 heavy (non-hydrogen) atoms. The molecular weight excluding hydrogens is 320 g/mol. The highest BCUT2D eigenvalue weighted by molar-refractivity contribution is 6.30. The van der Waals surface area contributed by atoms with Crippen LogP contribution in [0.5, 0.6) is 0 Å². The van der Waals surface area contributed by atoms with Crippen LogP contribution in [0.2, 0.25) is 5.02 Å². The van der Waals surface area contributed by atoms with Gasteiger partial charge in [-0.1, -0.05) is 54.1 Å². The second kappa shape index (κ2) is 8.13. The van der Waals surface area contributed by atoms with E-state index < -0.39 is 5.60 Å². The SMILES string of the molecule is CC(OCCN1CCNCC1)(c1ccccc1)c1ccc(Cl)cc1. The Bertz CT molecular complexity index is 626. The van der Waals surface area contributed by atoms with E-state index in [1.807, 2.05) is 18.2 Å². The van der Waals surface area contributed by atoms with Crippen molar-refractivity contribution in [1.82, 2.24) is 10.2 Å². The summed E-state index contributed by atoms with van der Waals surface area (Å²) < 4.78 is 6.44. The summed E-state index contributed by atoms with van der Waals surface area (Å²) in [5.41, 5.74) is 1.81. The fraction of sp³-hybridized carbons (Fsp3) is 0.400. The van der Waals surface area contributed by atoms with E-state index in [0.29, 0.717) is 6.61 Å². The highest BCUT2D eigenvalue weighted by Crippen LogP contribution is 2.33. The molecule has 1 atom stereocenters. The molecule has 1 N–H and O–H groups in total. The standard InChI is InChI=1S/C20H25ClN2O/c1-20(17-5-3-2-4-6-17,18-7-9-19(21)10-8-18)24-16-15-23-13-11-22-12-14-23/h2-10,22H,11-16H2,1H3. The van der Waals surface area contributed by atoms with E-state index in [4.69, 9.17) is 16.3 Å². The first-order valence-electron chi connectivity index (χ1n) is 8.57. The number of rotatable bonds is 6. The first-order valence-corrected chi connectivity index (χ1v) is 8.95. The van der Waals surface area contributed by atoms with Crippen LogP contribution < -0.4 is 5.32 Å². The number of benzene rings is 2. The van der Waals surface area contributed by atoms with Gasteiger partial charge in [-0.2, -0.15) is 0 Å². The van der Waals surface area contributed by atoms with Crippen molar-refractivity contribution in [2.45, 2.75) is 12.5 Å². The average Bonchev–Trinajstić information content (AvgIpc) is 2.64. The van der Waals surface area contributed by atoms with Gasteiger partial charge in [0.25, 0.3) is 0 Å². The summed E-state index contributed by atoms with van der Waals surface area (Å²) in [7, 11) is 0.